The SMILES string of the molecule is CC(=O)Oc1cccs1.O=C(O)[C@@H](O)[C@@H](O)[C@H](O)[C@@H](O)C(=O)O.O=C(O)[C@@H](O)[C@@H](O)[C@H](O)[C@@H](O)C(=O)O. The molecule has 0 aliphatic heterocycles. The summed E-state index contributed by atoms with van der Waals surface area (Å²) in [4.78, 5) is 50.6. The number of aliphatic hydroxyl groups excluding tert-OH is 8. The molecular formula is C18H26O18S. The van der Waals surface area contributed by atoms with Gasteiger partial charge in [0.15, 0.2) is 29.5 Å². The maximum absolute atomic E-state index is 10.3. The summed E-state index contributed by atoms with van der Waals surface area (Å²) in [6.07, 6.45) is -18.6. The van der Waals surface area contributed by atoms with Crippen LogP contribution in [-0.4, -0.2) is 140 Å². The molecule has 1 aromatic heterocycles. The number of hydrogen-bond donors (Lipinski definition) is 12. The minimum absolute atomic E-state index is 0.266. The van der Waals surface area contributed by atoms with Crippen molar-refractivity contribution in [1.29, 1.82) is 0 Å². The number of esters is 1. The van der Waals surface area contributed by atoms with Gasteiger partial charge >= 0.3 is 29.8 Å². The van der Waals surface area contributed by atoms with Gasteiger partial charge in [-0.05, 0) is 17.5 Å². The van der Waals surface area contributed by atoms with E-state index in [9.17, 15) is 24.0 Å². The number of carbonyl (C=O) groups excluding carboxylic acids is 1. The lowest BCUT2D eigenvalue weighted by Crippen LogP contribution is -2.49. The Balaban J connectivity index is 0. The highest BCUT2D eigenvalue weighted by Gasteiger charge is 2.38. The third-order valence-corrected chi connectivity index (χ3v) is 4.49. The molecule has 0 aliphatic carbocycles. The predicted molar refractivity (Wildman–Crippen MR) is 114 cm³/mol. The van der Waals surface area contributed by atoms with Crippen LogP contribution in [0.5, 0.6) is 5.06 Å². The minimum Gasteiger partial charge on any atom is -0.479 e. The van der Waals surface area contributed by atoms with Gasteiger partial charge in [0.1, 0.15) is 24.4 Å². The van der Waals surface area contributed by atoms with Gasteiger partial charge in [-0.2, -0.15) is 0 Å². The Morgan fingerprint density at radius 1 is 0.622 bits per heavy atom. The van der Waals surface area contributed by atoms with Gasteiger partial charge in [-0.1, -0.05) is 0 Å². The number of carboxylic acid groups (broad SMARTS) is 4. The summed E-state index contributed by atoms with van der Waals surface area (Å²) in [6.45, 7) is 1.39. The van der Waals surface area contributed by atoms with Crippen molar-refractivity contribution in [3.05, 3.63) is 17.5 Å². The second-order valence-corrected chi connectivity index (χ2v) is 7.53. The Morgan fingerprint density at radius 3 is 1.05 bits per heavy atom. The lowest BCUT2D eigenvalue weighted by atomic mass is 10.0. The second-order valence-electron chi connectivity index (χ2n) is 6.62. The molecule has 19 heteroatoms. The molecule has 0 saturated heterocycles. The van der Waals surface area contributed by atoms with Crippen molar-refractivity contribution < 1.29 is 90.0 Å². The number of aliphatic hydroxyl groups is 8. The molecule has 8 atom stereocenters. The van der Waals surface area contributed by atoms with Gasteiger partial charge in [0.05, 0.1) is 0 Å². The van der Waals surface area contributed by atoms with Gasteiger partial charge in [-0.25, -0.2) is 19.2 Å². The molecule has 37 heavy (non-hydrogen) atoms. The highest BCUT2D eigenvalue weighted by Crippen LogP contribution is 2.17. The summed E-state index contributed by atoms with van der Waals surface area (Å²) < 4.78 is 4.73. The van der Waals surface area contributed by atoms with Crippen LogP contribution in [0.1, 0.15) is 6.92 Å². The largest absolute Gasteiger partial charge is 0.479 e. The fourth-order valence-corrected chi connectivity index (χ4v) is 2.41. The molecule has 0 radical (unpaired) electrons. The molecule has 0 aliphatic rings. The fourth-order valence-electron chi connectivity index (χ4n) is 1.79. The van der Waals surface area contributed by atoms with Crippen LogP contribution in [0.3, 0.4) is 0 Å². The van der Waals surface area contributed by atoms with E-state index in [1.54, 1.807) is 6.07 Å². The molecule has 12 N–H and O–H groups in total. The monoisotopic (exact) mass is 562 g/mol. The maximum atomic E-state index is 10.3. The Morgan fingerprint density at radius 2 is 0.892 bits per heavy atom. The summed E-state index contributed by atoms with van der Waals surface area (Å²) in [5.74, 6) is -7.62. The molecule has 1 aromatic rings. The van der Waals surface area contributed by atoms with E-state index in [1.165, 1.54) is 18.3 Å². The zero-order valence-electron chi connectivity index (χ0n) is 18.6. The molecule has 0 aromatic carbocycles. The Labute approximate surface area is 210 Å². The normalized spacial score (nSPS) is 16.9. The quantitative estimate of drug-likeness (QED) is 0.112. The van der Waals surface area contributed by atoms with Gasteiger partial charge in [0, 0.05) is 6.92 Å². The Kier molecular flexibility index (Phi) is 16.7. The van der Waals surface area contributed by atoms with Gasteiger partial charge in [0.25, 0.3) is 0 Å². The third-order valence-electron chi connectivity index (χ3n) is 3.75. The number of carbonyl (C=O) groups is 5. The van der Waals surface area contributed by atoms with Crippen LogP contribution in [0.4, 0.5) is 0 Å². The van der Waals surface area contributed by atoms with Gasteiger partial charge in [0.2, 0.25) is 0 Å². The second kappa shape index (κ2) is 17.2. The molecule has 0 saturated carbocycles. The number of aliphatic carboxylic acids is 4. The lowest BCUT2D eigenvalue weighted by molar-refractivity contribution is -0.172. The van der Waals surface area contributed by atoms with E-state index in [0.29, 0.717) is 5.06 Å². The Bertz CT molecular complexity index is 776. The van der Waals surface area contributed by atoms with Crippen LogP contribution in [0, 0.1) is 0 Å². The molecule has 18 nitrogen and oxygen atoms in total. The van der Waals surface area contributed by atoms with Crippen molar-refractivity contribution in [2.24, 2.45) is 0 Å². The van der Waals surface area contributed by atoms with Crippen LogP contribution < -0.4 is 4.74 Å². The van der Waals surface area contributed by atoms with Crippen molar-refractivity contribution in [1.82, 2.24) is 0 Å². The zero-order chi connectivity index (χ0) is 29.6. The summed E-state index contributed by atoms with van der Waals surface area (Å²) in [5.41, 5.74) is 0. The standard InChI is InChI=1S/2C6H10O8.C6H6O2S/c2*7-1(3(9)5(11)12)2(8)4(10)6(13)14;1-5(7)8-6-3-2-4-9-6/h2*1-4,7-10H,(H,11,12)(H,13,14);2-4H,1H3/t2*1-,2-,3-,4+;/m00./s1. The van der Waals surface area contributed by atoms with Crippen LogP contribution in [-0.2, 0) is 24.0 Å². The molecule has 0 bridgehead atoms. The number of rotatable bonds is 11. The van der Waals surface area contributed by atoms with Crippen molar-refractivity contribution in [3.63, 3.8) is 0 Å². The zero-order valence-corrected chi connectivity index (χ0v) is 19.4. The topological polar surface area (TPSA) is 337 Å². The highest BCUT2D eigenvalue weighted by molar-refractivity contribution is 7.11. The van der Waals surface area contributed by atoms with Crippen LogP contribution >= 0.6 is 11.3 Å². The van der Waals surface area contributed by atoms with E-state index in [4.69, 9.17) is 66.0 Å². The average molecular weight is 562 g/mol. The Hall–Kier alpha value is -3.27. The lowest BCUT2D eigenvalue weighted by Gasteiger charge is -2.21. The van der Waals surface area contributed by atoms with Crippen LogP contribution in [0.15, 0.2) is 17.5 Å². The van der Waals surface area contributed by atoms with Gasteiger partial charge < -0.3 is 66.0 Å². The van der Waals surface area contributed by atoms with E-state index in [-0.39, 0.29) is 5.97 Å². The molecule has 212 valence electrons. The molecule has 0 amide bonds. The van der Waals surface area contributed by atoms with Gasteiger partial charge in [-0.3, -0.25) is 4.79 Å². The van der Waals surface area contributed by atoms with Crippen molar-refractivity contribution in [2.75, 3.05) is 0 Å². The van der Waals surface area contributed by atoms with E-state index in [2.05, 4.69) is 0 Å². The van der Waals surface area contributed by atoms with E-state index >= 15 is 0 Å². The van der Waals surface area contributed by atoms with Crippen molar-refractivity contribution >= 4 is 41.2 Å². The number of carboxylic acids is 4. The van der Waals surface area contributed by atoms with Crippen molar-refractivity contribution in [2.45, 2.75) is 55.8 Å². The molecule has 0 unspecified atom stereocenters. The average Bonchev–Trinajstić information content (AvgIpc) is 3.32. The molecule has 0 fully saturated rings. The predicted octanol–water partition coefficient (Wildman–Crippen LogP) is -5.13. The fraction of sp³-hybridized carbons (Fsp3) is 0.500. The number of thiophene rings is 1. The minimum atomic E-state index is -2.36. The first kappa shape index (κ1) is 35.9. The van der Waals surface area contributed by atoms with E-state index < -0.39 is 72.7 Å². The highest BCUT2D eigenvalue weighted by atomic mass is 32.1. The van der Waals surface area contributed by atoms with E-state index in [1.807, 2.05) is 11.4 Å². The van der Waals surface area contributed by atoms with Crippen LogP contribution in [0.25, 0.3) is 0 Å². The molecular weight excluding hydrogens is 536 g/mol. The van der Waals surface area contributed by atoms with Crippen LogP contribution in [0.2, 0.25) is 0 Å². The van der Waals surface area contributed by atoms with Crippen molar-refractivity contribution in [3.8, 4) is 5.06 Å². The first-order chi connectivity index (χ1) is 16.9. The molecule has 1 rings (SSSR count). The maximum Gasteiger partial charge on any atom is 0.335 e. The number of hydrogen-bond acceptors (Lipinski definition) is 15. The third kappa shape index (κ3) is 13.6. The number of ether oxygens (including phenoxy) is 1. The smallest absolute Gasteiger partial charge is 0.335 e. The molecule has 0 spiro atoms. The summed E-state index contributed by atoms with van der Waals surface area (Å²) >= 11 is 1.41. The first-order valence-corrected chi connectivity index (χ1v) is 10.3. The van der Waals surface area contributed by atoms with Gasteiger partial charge in [-0.15, -0.1) is 11.3 Å². The van der Waals surface area contributed by atoms with E-state index in [0.717, 1.165) is 0 Å². The summed E-state index contributed by atoms with van der Waals surface area (Å²) in [5, 5.41) is 105. The first-order valence-electron chi connectivity index (χ1n) is 9.44. The summed E-state index contributed by atoms with van der Waals surface area (Å²) in [6, 6.07) is 3.59. The summed E-state index contributed by atoms with van der Waals surface area (Å²) in [7, 11) is 0. The molecule has 1 heterocycles.